The molecular formula is C15H17NO. The fourth-order valence-corrected chi connectivity index (χ4v) is 1.41. The highest BCUT2D eigenvalue weighted by Crippen LogP contribution is 2.21. The van der Waals surface area contributed by atoms with Crippen molar-refractivity contribution in [3.05, 3.63) is 66.9 Å². The molecule has 1 aromatic rings. The fourth-order valence-electron chi connectivity index (χ4n) is 1.41. The van der Waals surface area contributed by atoms with Crippen molar-refractivity contribution in [2.24, 2.45) is 0 Å². The zero-order valence-corrected chi connectivity index (χ0v) is 10.4. The maximum Gasteiger partial charge on any atom is 0.262 e. The van der Waals surface area contributed by atoms with Crippen molar-refractivity contribution in [3.63, 3.8) is 0 Å². The second kappa shape index (κ2) is 5.30. The number of hydrogen-bond acceptors (Lipinski definition) is 1. The van der Waals surface area contributed by atoms with Crippen LogP contribution in [0, 0.1) is 0 Å². The van der Waals surface area contributed by atoms with Crippen molar-refractivity contribution in [3.8, 4) is 0 Å². The Bertz CT molecular complexity index is 471. The number of rotatable bonds is 4. The molecule has 0 heterocycles. The summed E-state index contributed by atoms with van der Waals surface area (Å²) in [6.45, 7) is 14.9. The van der Waals surface area contributed by atoms with E-state index in [1.165, 1.54) is 4.90 Å². The van der Waals surface area contributed by atoms with Gasteiger partial charge in [0.25, 0.3) is 5.91 Å². The number of allylic oxidation sites excluding steroid dienone is 1. The molecule has 2 nitrogen and oxygen atoms in total. The Morgan fingerprint density at radius 2 is 1.59 bits per heavy atom. The molecule has 88 valence electrons. The van der Waals surface area contributed by atoms with E-state index in [-0.39, 0.29) is 5.91 Å². The summed E-state index contributed by atoms with van der Waals surface area (Å²) in [7, 11) is 0. The second-order valence-electron chi connectivity index (χ2n) is 3.97. The lowest BCUT2D eigenvalue weighted by Crippen LogP contribution is -2.29. The minimum Gasteiger partial charge on any atom is -0.282 e. The first kappa shape index (κ1) is 13.0. The average Bonchev–Trinajstić information content (AvgIpc) is 2.28. The van der Waals surface area contributed by atoms with Crippen LogP contribution in [0.25, 0.3) is 0 Å². The van der Waals surface area contributed by atoms with Gasteiger partial charge in [-0.25, -0.2) is 0 Å². The van der Waals surface area contributed by atoms with Crippen LogP contribution in [0.5, 0.6) is 0 Å². The van der Waals surface area contributed by atoms with Gasteiger partial charge in [-0.3, -0.25) is 9.69 Å². The van der Waals surface area contributed by atoms with Gasteiger partial charge in [-0.05, 0) is 31.6 Å². The van der Waals surface area contributed by atoms with Crippen LogP contribution < -0.4 is 4.90 Å². The Balaban J connectivity index is 3.12. The Kier molecular flexibility index (Phi) is 4.05. The molecule has 0 saturated carbocycles. The number of hydrogen-bond donors (Lipinski definition) is 0. The van der Waals surface area contributed by atoms with Crippen LogP contribution in [-0.4, -0.2) is 5.91 Å². The number of para-hydroxylation sites is 1. The monoisotopic (exact) mass is 227 g/mol. The number of carbonyl (C=O) groups excluding carboxylic acids is 1. The van der Waals surface area contributed by atoms with E-state index in [4.69, 9.17) is 0 Å². The minimum atomic E-state index is -0.184. The Hall–Kier alpha value is -2.09. The van der Waals surface area contributed by atoms with Gasteiger partial charge in [0.05, 0.1) is 0 Å². The molecule has 0 saturated heterocycles. The molecular weight excluding hydrogens is 210 g/mol. The summed E-state index contributed by atoms with van der Waals surface area (Å²) in [5, 5.41) is 0. The van der Waals surface area contributed by atoms with Gasteiger partial charge in [0, 0.05) is 17.0 Å². The molecule has 0 aromatic heterocycles. The molecule has 0 radical (unpaired) electrons. The first-order chi connectivity index (χ1) is 7.95. The second-order valence-corrected chi connectivity index (χ2v) is 3.97. The summed E-state index contributed by atoms with van der Waals surface area (Å²) < 4.78 is 0. The van der Waals surface area contributed by atoms with E-state index in [2.05, 4.69) is 19.7 Å². The third-order valence-corrected chi connectivity index (χ3v) is 2.37. The van der Waals surface area contributed by atoms with Gasteiger partial charge >= 0.3 is 0 Å². The summed E-state index contributed by atoms with van der Waals surface area (Å²) in [5.41, 5.74) is 2.50. The number of benzene rings is 1. The van der Waals surface area contributed by atoms with Crippen molar-refractivity contribution in [1.82, 2.24) is 0 Å². The van der Waals surface area contributed by atoms with E-state index < -0.39 is 0 Å². The molecule has 0 aliphatic carbocycles. The lowest BCUT2D eigenvalue weighted by molar-refractivity contribution is -0.114. The molecule has 17 heavy (non-hydrogen) atoms. The molecule has 0 N–H and O–H groups in total. The molecule has 1 aromatic carbocycles. The quantitative estimate of drug-likeness (QED) is 0.567. The summed E-state index contributed by atoms with van der Waals surface area (Å²) >= 11 is 0. The minimum absolute atomic E-state index is 0.184. The van der Waals surface area contributed by atoms with Gasteiger partial charge in [-0.2, -0.15) is 0 Å². The summed E-state index contributed by atoms with van der Waals surface area (Å²) in [6, 6.07) is 9.37. The van der Waals surface area contributed by atoms with Crippen molar-refractivity contribution in [2.45, 2.75) is 13.8 Å². The van der Waals surface area contributed by atoms with Crippen LogP contribution in [-0.2, 0) is 4.79 Å². The molecule has 0 atom stereocenters. The highest BCUT2D eigenvalue weighted by atomic mass is 16.2. The lowest BCUT2D eigenvalue weighted by atomic mass is 10.1. The van der Waals surface area contributed by atoms with E-state index >= 15 is 0 Å². The molecule has 1 rings (SSSR count). The maximum absolute atomic E-state index is 12.2. The molecule has 0 fully saturated rings. The number of carbonyl (C=O) groups is 1. The molecule has 0 aliphatic heterocycles. The van der Waals surface area contributed by atoms with E-state index in [1.54, 1.807) is 13.8 Å². The number of anilines is 1. The number of nitrogens with zero attached hydrogens (tertiary/aromatic N) is 1. The van der Waals surface area contributed by atoms with Gasteiger partial charge in [-0.15, -0.1) is 0 Å². The van der Waals surface area contributed by atoms with Gasteiger partial charge in [0.15, 0.2) is 0 Å². The third-order valence-electron chi connectivity index (χ3n) is 2.37. The van der Waals surface area contributed by atoms with Crippen LogP contribution in [0.4, 0.5) is 5.69 Å². The summed E-state index contributed by atoms with van der Waals surface area (Å²) in [5.74, 6) is -0.184. The Labute approximate surface area is 103 Å². The van der Waals surface area contributed by atoms with Crippen LogP contribution in [0.1, 0.15) is 13.8 Å². The van der Waals surface area contributed by atoms with Crippen LogP contribution in [0.2, 0.25) is 0 Å². The number of amides is 1. The van der Waals surface area contributed by atoms with Crippen LogP contribution in [0.15, 0.2) is 66.9 Å². The van der Waals surface area contributed by atoms with Crippen LogP contribution >= 0.6 is 0 Å². The largest absolute Gasteiger partial charge is 0.282 e. The normalized spacial score (nSPS) is 9.53. The standard InChI is InChI=1S/C15H17NO/c1-11(2)13(5)15(17)16(12(3)4)14-9-7-6-8-10-14/h6-10H,1,3,5H2,2,4H3. The summed E-state index contributed by atoms with van der Waals surface area (Å²) in [4.78, 5) is 13.8. The Morgan fingerprint density at radius 1 is 1.06 bits per heavy atom. The zero-order chi connectivity index (χ0) is 13.0. The Morgan fingerprint density at radius 3 is 2.00 bits per heavy atom. The first-order valence-corrected chi connectivity index (χ1v) is 5.35. The van der Waals surface area contributed by atoms with Gasteiger partial charge in [0.1, 0.15) is 0 Å². The maximum atomic E-state index is 12.2. The van der Waals surface area contributed by atoms with Crippen molar-refractivity contribution in [1.29, 1.82) is 0 Å². The van der Waals surface area contributed by atoms with Crippen molar-refractivity contribution in [2.75, 3.05) is 4.90 Å². The SMILES string of the molecule is C=C(C)C(=C)C(=O)N(C(=C)C)c1ccccc1. The zero-order valence-electron chi connectivity index (χ0n) is 10.4. The fraction of sp³-hybridized carbons (Fsp3) is 0.133. The molecule has 1 amide bonds. The van der Waals surface area contributed by atoms with Gasteiger partial charge in [0.2, 0.25) is 0 Å². The highest BCUT2D eigenvalue weighted by molar-refractivity contribution is 6.09. The third kappa shape index (κ3) is 2.94. The predicted molar refractivity (Wildman–Crippen MR) is 72.7 cm³/mol. The first-order valence-electron chi connectivity index (χ1n) is 5.35. The van der Waals surface area contributed by atoms with E-state index in [1.807, 2.05) is 30.3 Å². The predicted octanol–water partition coefficient (Wildman–Crippen LogP) is 3.69. The van der Waals surface area contributed by atoms with Crippen LogP contribution in [0.3, 0.4) is 0 Å². The van der Waals surface area contributed by atoms with Gasteiger partial charge in [-0.1, -0.05) is 37.9 Å². The average molecular weight is 227 g/mol. The summed E-state index contributed by atoms with van der Waals surface area (Å²) in [6.07, 6.45) is 0. The van der Waals surface area contributed by atoms with Crippen molar-refractivity contribution >= 4 is 11.6 Å². The van der Waals surface area contributed by atoms with Crippen molar-refractivity contribution < 1.29 is 4.79 Å². The highest BCUT2D eigenvalue weighted by Gasteiger charge is 2.19. The smallest absolute Gasteiger partial charge is 0.262 e. The molecule has 0 unspecified atom stereocenters. The van der Waals surface area contributed by atoms with E-state index in [0.717, 1.165) is 5.69 Å². The van der Waals surface area contributed by atoms with Gasteiger partial charge < -0.3 is 0 Å². The molecule has 0 bridgehead atoms. The molecule has 0 aliphatic rings. The molecule has 2 heteroatoms. The lowest BCUT2D eigenvalue weighted by Gasteiger charge is -2.23. The van der Waals surface area contributed by atoms with E-state index in [9.17, 15) is 4.79 Å². The topological polar surface area (TPSA) is 20.3 Å². The molecule has 0 spiro atoms. The van der Waals surface area contributed by atoms with E-state index in [0.29, 0.717) is 16.8 Å².